The molecule has 0 aliphatic heterocycles. The van der Waals surface area contributed by atoms with Crippen molar-refractivity contribution in [3.05, 3.63) is 34.3 Å². The van der Waals surface area contributed by atoms with Gasteiger partial charge in [-0.25, -0.2) is 0 Å². The number of amides is 1. The molecule has 0 saturated heterocycles. The molecule has 1 N–H and O–H groups in total. The van der Waals surface area contributed by atoms with Crippen LogP contribution in [0.3, 0.4) is 0 Å². The highest BCUT2D eigenvalue weighted by atomic mass is 35.5. The minimum Gasteiger partial charge on any atom is -0.354 e. The molecule has 0 aliphatic carbocycles. The molecule has 0 spiro atoms. The quantitative estimate of drug-likeness (QED) is 0.837. The summed E-state index contributed by atoms with van der Waals surface area (Å²) in [6.07, 6.45) is -0.477. The third-order valence-electron chi connectivity index (χ3n) is 2.67. The van der Waals surface area contributed by atoms with Gasteiger partial charge in [0, 0.05) is 24.8 Å². The summed E-state index contributed by atoms with van der Waals surface area (Å²) in [6.45, 7) is 3.70. The molecule has 1 amide bonds. The third-order valence-corrected chi connectivity index (χ3v) is 3.07. The van der Waals surface area contributed by atoms with Crippen LogP contribution in [0.4, 0.5) is 0 Å². The van der Waals surface area contributed by atoms with Crippen LogP contribution < -0.4 is 5.32 Å². The summed E-state index contributed by atoms with van der Waals surface area (Å²) in [5.74, 6) is -0.205. The third kappa shape index (κ3) is 3.70. The van der Waals surface area contributed by atoms with Gasteiger partial charge in [0.05, 0.1) is 6.04 Å². The topological polar surface area (TPSA) is 47.6 Å². The van der Waals surface area contributed by atoms with Crippen molar-refractivity contribution in [2.24, 2.45) is 0 Å². The van der Waals surface area contributed by atoms with Crippen molar-refractivity contribution in [3.63, 3.8) is 0 Å². The van der Waals surface area contributed by atoms with Gasteiger partial charge in [-0.1, -0.05) is 17.7 Å². The van der Waals surface area contributed by atoms with E-state index in [0.717, 1.165) is 5.56 Å². The van der Waals surface area contributed by atoms with Gasteiger partial charge in [-0.15, -0.1) is 0 Å². The van der Waals surface area contributed by atoms with Crippen LogP contribution in [0.25, 0.3) is 0 Å². The summed E-state index contributed by atoms with van der Waals surface area (Å²) in [6, 6.07) is 4.94. The number of rotatable bonds is 5. The fourth-order valence-corrected chi connectivity index (χ4v) is 1.78. The van der Waals surface area contributed by atoms with Gasteiger partial charge in [-0.3, -0.25) is 4.79 Å². The first-order valence-electron chi connectivity index (χ1n) is 5.62. The predicted molar refractivity (Wildman–Crippen MR) is 70.9 cm³/mol. The number of methoxy groups -OCH3 is 2. The molecule has 100 valence electrons. The van der Waals surface area contributed by atoms with Crippen molar-refractivity contribution in [2.75, 3.05) is 14.2 Å². The maximum atomic E-state index is 12.0. The van der Waals surface area contributed by atoms with Gasteiger partial charge in [0.25, 0.3) is 5.91 Å². The molecular weight excluding hydrogens is 254 g/mol. The van der Waals surface area contributed by atoms with Crippen LogP contribution in [0.2, 0.25) is 5.02 Å². The Labute approximate surface area is 112 Å². The molecule has 4 nitrogen and oxygen atoms in total. The van der Waals surface area contributed by atoms with E-state index in [1.54, 1.807) is 12.1 Å². The van der Waals surface area contributed by atoms with E-state index < -0.39 is 6.29 Å². The molecule has 0 fully saturated rings. The highest BCUT2D eigenvalue weighted by Crippen LogP contribution is 2.16. The van der Waals surface area contributed by atoms with E-state index in [1.165, 1.54) is 14.2 Å². The normalized spacial score (nSPS) is 12.6. The SMILES string of the molecule is COC(OC)C(C)NC(=O)c1ccc(C)c(Cl)c1. The van der Waals surface area contributed by atoms with Gasteiger partial charge in [0.2, 0.25) is 0 Å². The van der Waals surface area contributed by atoms with Gasteiger partial charge >= 0.3 is 0 Å². The average molecular weight is 272 g/mol. The summed E-state index contributed by atoms with van der Waals surface area (Å²) in [4.78, 5) is 12.0. The fraction of sp³-hybridized carbons (Fsp3) is 0.462. The van der Waals surface area contributed by atoms with Crippen LogP contribution in [0, 0.1) is 6.92 Å². The molecule has 0 heterocycles. The molecule has 1 aromatic carbocycles. The van der Waals surface area contributed by atoms with Crippen LogP contribution in [0.1, 0.15) is 22.8 Å². The van der Waals surface area contributed by atoms with Crippen molar-refractivity contribution in [1.29, 1.82) is 0 Å². The maximum Gasteiger partial charge on any atom is 0.251 e. The summed E-state index contributed by atoms with van der Waals surface area (Å²) in [5.41, 5.74) is 1.45. The minimum atomic E-state index is -0.477. The van der Waals surface area contributed by atoms with E-state index in [0.29, 0.717) is 10.6 Å². The highest BCUT2D eigenvalue weighted by molar-refractivity contribution is 6.31. The Bertz CT molecular complexity index is 419. The molecule has 0 saturated carbocycles. The molecule has 1 unspecified atom stereocenters. The molecule has 0 aliphatic rings. The monoisotopic (exact) mass is 271 g/mol. The molecule has 1 atom stereocenters. The molecule has 0 radical (unpaired) electrons. The number of benzene rings is 1. The Kier molecular flexibility index (Phi) is 5.59. The van der Waals surface area contributed by atoms with Crippen LogP contribution in [0.15, 0.2) is 18.2 Å². The second kappa shape index (κ2) is 6.73. The van der Waals surface area contributed by atoms with Crippen molar-refractivity contribution < 1.29 is 14.3 Å². The van der Waals surface area contributed by atoms with E-state index in [2.05, 4.69) is 5.32 Å². The van der Waals surface area contributed by atoms with E-state index >= 15 is 0 Å². The Balaban J connectivity index is 2.73. The van der Waals surface area contributed by atoms with Gasteiger partial charge in [0.15, 0.2) is 6.29 Å². The van der Waals surface area contributed by atoms with Crippen molar-refractivity contribution in [1.82, 2.24) is 5.32 Å². The average Bonchev–Trinajstić information content (AvgIpc) is 2.34. The zero-order valence-electron chi connectivity index (χ0n) is 11.0. The standard InChI is InChI=1S/C13H18ClNO3/c1-8-5-6-10(7-11(8)14)12(16)15-9(2)13(17-3)18-4/h5-7,9,13H,1-4H3,(H,15,16). The van der Waals surface area contributed by atoms with Crippen LogP contribution in [-0.4, -0.2) is 32.5 Å². The lowest BCUT2D eigenvalue weighted by molar-refractivity contribution is -0.117. The van der Waals surface area contributed by atoms with Gasteiger partial charge in [-0.2, -0.15) is 0 Å². The number of aryl methyl sites for hydroxylation is 1. The Hall–Kier alpha value is -1.10. The van der Waals surface area contributed by atoms with Gasteiger partial charge in [0.1, 0.15) is 0 Å². The Morgan fingerprint density at radius 1 is 1.33 bits per heavy atom. The molecule has 1 aromatic rings. The summed E-state index contributed by atoms with van der Waals surface area (Å²) in [5, 5.41) is 3.37. The number of halogens is 1. The second-order valence-electron chi connectivity index (χ2n) is 4.07. The maximum absolute atomic E-state index is 12.0. The molecule has 0 aromatic heterocycles. The number of hydrogen-bond acceptors (Lipinski definition) is 3. The Morgan fingerprint density at radius 3 is 2.44 bits per heavy atom. The lowest BCUT2D eigenvalue weighted by Gasteiger charge is -2.22. The lowest BCUT2D eigenvalue weighted by Crippen LogP contribution is -2.42. The highest BCUT2D eigenvalue weighted by Gasteiger charge is 2.18. The zero-order valence-corrected chi connectivity index (χ0v) is 11.7. The van der Waals surface area contributed by atoms with Crippen molar-refractivity contribution in [2.45, 2.75) is 26.2 Å². The first-order valence-corrected chi connectivity index (χ1v) is 6.00. The van der Waals surface area contributed by atoms with Crippen molar-refractivity contribution in [3.8, 4) is 0 Å². The number of nitrogens with one attached hydrogen (secondary N) is 1. The van der Waals surface area contributed by atoms with E-state index in [4.69, 9.17) is 21.1 Å². The summed E-state index contributed by atoms with van der Waals surface area (Å²) in [7, 11) is 3.05. The van der Waals surface area contributed by atoms with E-state index in [-0.39, 0.29) is 11.9 Å². The van der Waals surface area contributed by atoms with E-state index in [1.807, 2.05) is 19.9 Å². The first-order chi connectivity index (χ1) is 8.49. The van der Waals surface area contributed by atoms with Gasteiger partial charge in [-0.05, 0) is 31.5 Å². The smallest absolute Gasteiger partial charge is 0.251 e. The number of carbonyl (C=O) groups is 1. The molecule has 0 bridgehead atoms. The van der Waals surface area contributed by atoms with Crippen LogP contribution >= 0.6 is 11.6 Å². The van der Waals surface area contributed by atoms with Crippen LogP contribution in [0.5, 0.6) is 0 Å². The molecular formula is C13H18ClNO3. The largest absolute Gasteiger partial charge is 0.354 e. The molecule has 1 rings (SSSR count). The molecule has 18 heavy (non-hydrogen) atoms. The minimum absolute atomic E-state index is 0.205. The fourth-order valence-electron chi connectivity index (χ4n) is 1.60. The zero-order chi connectivity index (χ0) is 13.7. The van der Waals surface area contributed by atoms with Crippen LogP contribution in [-0.2, 0) is 9.47 Å². The van der Waals surface area contributed by atoms with Crippen molar-refractivity contribution >= 4 is 17.5 Å². The summed E-state index contributed by atoms with van der Waals surface area (Å²) >= 11 is 5.98. The van der Waals surface area contributed by atoms with Gasteiger partial charge < -0.3 is 14.8 Å². The number of hydrogen-bond donors (Lipinski definition) is 1. The first kappa shape index (κ1) is 15.0. The summed E-state index contributed by atoms with van der Waals surface area (Å²) < 4.78 is 10.2. The number of carbonyl (C=O) groups excluding carboxylic acids is 1. The number of ether oxygens (including phenoxy) is 2. The molecule has 5 heteroatoms. The predicted octanol–water partition coefficient (Wildman–Crippen LogP) is 2.39. The Morgan fingerprint density at radius 2 is 1.94 bits per heavy atom. The second-order valence-corrected chi connectivity index (χ2v) is 4.47. The van der Waals surface area contributed by atoms with E-state index in [9.17, 15) is 4.79 Å². The lowest BCUT2D eigenvalue weighted by atomic mass is 10.1.